The molecule has 0 saturated carbocycles. The fraction of sp³-hybridized carbons (Fsp3) is 0.125. The normalized spacial score (nSPS) is 12.5. The SMILES string of the molecule is C[S@@](=O)c1cc(C(=O)O)c(Cl)cc1Cl. The van der Waals surface area contributed by atoms with Gasteiger partial charge in [0.05, 0.1) is 31.3 Å². The number of carbonyl (C=O) groups is 1. The van der Waals surface area contributed by atoms with E-state index in [1.807, 2.05) is 0 Å². The average molecular weight is 253 g/mol. The summed E-state index contributed by atoms with van der Waals surface area (Å²) in [5.41, 5.74) is -0.0960. The maximum Gasteiger partial charge on any atom is 0.337 e. The summed E-state index contributed by atoms with van der Waals surface area (Å²) in [5, 5.41) is 8.98. The molecule has 0 saturated heterocycles. The maximum absolute atomic E-state index is 11.1. The molecule has 0 aliphatic rings. The van der Waals surface area contributed by atoms with Crippen LogP contribution in [-0.4, -0.2) is 21.5 Å². The van der Waals surface area contributed by atoms with E-state index in [1.165, 1.54) is 18.4 Å². The molecule has 0 aliphatic heterocycles. The van der Waals surface area contributed by atoms with Crippen molar-refractivity contribution >= 4 is 40.0 Å². The summed E-state index contributed by atoms with van der Waals surface area (Å²) in [6.07, 6.45) is 1.42. The third kappa shape index (κ3) is 2.26. The molecule has 1 aromatic carbocycles. The summed E-state index contributed by atoms with van der Waals surface area (Å²) in [7, 11) is -1.33. The lowest BCUT2D eigenvalue weighted by Crippen LogP contribution is -2.00. The van der Waals surface area contributed by atoms with Crippen LogP contribution in [0, 0.1) is 0 Å². The molecule has 0 aliphatic carbocycles. The third-order valence-corrected chi connectivity index (χ3v) is 3.26. The summed E-state index contributed by atoms with van der Waals surface area (Å²) in [6.45, 7) is 0. The van der Waals surface area contributed by atoms with Crippen LogP contribution in [0.25, 0.3) is 0 Å². The third-order valence-electron chi connectivity index (χ3n) is 1.56. The smallest absolute Gasteiger partial charge is 0.337 e. The Kier molecular flexibility index (Phi) is 3.53. The Bertz CT molecular complexity index is 382. The lowest BCUT2D eigenvalue weighted by Gasteiger charge is -2.04. The van der Waals surface area contributed by atoms with Crippen LogP contribution >= 0.6 is 23.2 Å². The number of rotatable bonds is 2. The molecule has 0 radical (unpaired) electrons. The first-order chi connectivity index (χ1) is 6.43. The fourth-order valence-corrected chi connectivity index (χ4v) is 2.32. The second-order valence-corrected chi connectivity index (χ2v) is 4.68. The van der Waals surface area contributed by atoms with Crippen LogP contribution < -0.4 is 0 Å². The molecular formula is C8H6Cl2O3S. The van der Waals surface area contributed by atoms with Crippen LogP contribution in [-0.2, 0) is 10.8 Å². The van der Waals surface area contributed by atoms with E-state index >= 15 is 0 Å². The number of aromatic carboxylic acids is 1. The maximum atomic E-state index is 11.1. The molecule has 0 heterocycles. The van der Waals surface area contributed by atoms with E-state index in [-0.39, 0.29) is 20.5 Å². The molecule has 0 aromatic heterocycles. The van der Waals surface area contributed by atoms with Crippen molar-refractivity contribution in [2.75, 3.05) is 6.26 Å². The Labute approximate surface area is 93.1 Å². The van der Waals surface area contributed by atoms with Crippen LogP contribution in [0.1, 0.15) is 10.4 Å². The zero-order valence-corrected chi connectivity index (χ0v) is 9.41. The van der Waals surface area contributed by atoms with E-state index in [0.717, 1.165) is 0 Å². The Morgan fingerprint density at radius 1 is 1.36 bits per heavy atom. The molecule has 6 heteroatoms. The second-order valence-electron chi connectivity index (χ2n) is 2.52. The Balaban J connectivity index is 3.42. The fourth-order valence-electron chi connectivity index (χ4n) is 0.913. The number of hydrogen-bond donors (Lipinski definition) is 1. The van der Waals surface area contributed by atoms with E-state index in [1.54, 1.807) is 0 Å². The van der Waals surface area contributed by atoms with Crippen molar-refractivity contribution in [2.45, 2.75) is 4.90 Å². The van der Waals surface area contributed by atoms with Gasteiger partial charge in [0.15, 0.2) is 0 Å². The van der Waals surface area contributed by atoms with Crippen LogP contribution in [0.3, 0.4) is 0 Å². The van der Waals surface area contributed by atoms with Gasteiger partial charge in [0.25, 0.3) is 0 Å². The van der Waals surface area contributed by atoms with Gasteiger partial charge in [-0.15, -0.1) is 0 Å². The minimum absolute atomic E-state index is 0.0386. The molecule has 1 atom stereocenters. The van der Waals surface area contributed by atoms with Gasteiger partial charge in [-0.3, -0.25) is 4.21 Å². The summed E-state index contributed by atoms with van der Waals surface area (Å²) in [4.78, 5) is 11.0. The zero-order valence-electron chi connectivity index (χ0n) is 7.08. The van der Waals surface area contributed by atoms with Crippen LogP contribution in [0.4, 0.5) is 0 Å². The highest BCUT2D eigenvalue weighted by Gasteiger charge is 2.14. The standard InChI is InChI=1S/C8H6Cl2O3S/c1-14(13)7-2-4(8(11)12)5(9)3-6(7)10/h2-3H,1H3,(H,11,12)/t14-/m1/s1. The predicted molar refractivity (Wildman–Crippen MR) is 55.8 cm³/mol. The van der Waals surface area contributed by atoms with Crippen molar-refractivity contribution < 1.29 is 14.1 Å². The number of halogens is 2. The molecule has 1 N–H and O–H groups in total. The van der Waals surface area contributed by atoms with Gasteiger partial charge in [0.2, 0.25) is 0 Å². The summed E-state index contributed by atoms with van der Waals surface area (Å²) < 4.78 is 11.1. The van der Waals surface area contributed by atoms with Crippen LogP contribution in [0.5, 0.6) is 0 Å². The molecule has 14 heavy (non-hydrogen) atoms. The lowest BCUT2D eigenvalue weighted by molar-refractivity contribution is 0.0697. The van der Waals surface area contributed by atoms with Gasteiger partial charge < -0.3 is 5.11 Å². The zero-order chi connectivity index (χ0) is 10.9. The summed E-state index contributed by atoms with van der Waals surface area (Å²) >= 11 is 11.4. The highest BCUT2D eigenvalue weighted by atomic mass is 35.5. The van der Waals surface area contributed by atoms with Crippen molar-refractivity contribution in [3.8, 4) is 0 Å². The van der Waals surface area contributed by atoms with E-state index in [2.05, 4.69) is 0 Å². The first-order valence-corrected chi connectivity index (χ1v) is 5.80. The Hall–Kier alpha value is -0.580. The van der Waals surface area contributed by atoms with Gasteiger partial charge in [-0.1, -0.05) is 23.2 Å². The average Bonchev–Trinajstić information content (AvgIpc) is 2.02. The molecule has 3 nitrogen and oxygen atoms in total. The lowest BCUT2D eigenvalue weighted by atomic mass is 10.2. The highest BCUT2D eigenvalue weighted by molar-refractivity contribution is 7.84. The first-order valence-electron chi connectivity index (χ1n) is 3.49. The summed E-state index contributed by atoms with van der Waals surface area (Å²) in [6, 6.07) is 2.51. The number of hydrogen-bond acceptors (Lipinski definition) is 2. The van der Waals surface area contributed by atoms with Gasteiger partial charge in [-0.2, -0.15) is 0 Å². The van der Waals surface area contributed by atoms with Crippen molar-refractivity contribution in [3.63, 3.8) is 0 Å². The van der Waals surface area contributed by atoms with Crippen molar-refractivity contribution in [2.24, 2.45) is 0 Å². The van der Waals surface area contributed by atoms with E-state index < -0.39 is 16.8 Å². The van der Waals surface area contributed by atoms with Crippen molar-refractivity contribution in [1.29, 1.82) is 0 Å². The van der Waals surface area contributed by atoms with Gasteiger partial charge in [0, 0.05) is 6.26 Å². The predicted octanol–water partition coefficient (Wildman–Crippen LogP) is 2.43. The molecule has 0 bridgehead atoms. The topological polar surface area (TPSA) is 54.4 Å². The molecular weight excluding hydrogens is 247 g/mol. The molecule has 0 unspecified atom stereocenters. The molecule has 0 spiro atoms. The van der Waals surface area contributed by atoms with Crippen LogP contribution in [0.15, 0.2) is 17.0 Å². The second kappa shape index (κ2) is 4.29. The van der Waals surface area contributed by atoms with Gasteiger partial charge >= 0.3 is 5.97 Å². The minimum atomic E-state index is -1.33. The molecule has 76 valence electrons. The molecule has 0 amide bonds. The number of carboxylic acid groups (broad SMARTS) is 1. The quantitative estimate of drug-likeness (QED) is 0.880. The van der Waals surface area contributed by atoms with E-state index in [9.17, 15) is 9.00 Å². The Morgan fingerprint density at radius 2 is 1.93 bits per heavy atom. The van der Waals surface area contributed by atoms with Crippen molar-refractivity contribution in [3.05, 3.63) is 27.7 Å². The first kappa shape index (κ1) is 11.5. The number of benzene rings is 1. The monoisotopic (exact) mass is 252 g/mol. The molecule has 1 aromatic rings. The minimum Gasteiger partial charge on any atom is -0.478 e. The highest BCUT2D eigenvalue weighted by Crippen LogP contribution is 2.27. The van der Waals surface area contributed by atoms with E-state index in [0.29, 0.717) is 0 Å². The number of carboxylic acids is 1. The van der Waals surface area contributed by atoms with Gasteiger partial charge in [-0.25, -0.2) is 4.79 Å². The Morgan fingerprint density at radius 3 is 2.36 bits per heavy atom. The molecule has 1 rings (SSSR count). The summed E-state index contributed by atoms with van der Waals surface area (Å²) in [5.74, 6) is -1.17. The van der Waals surface area contributed by atoms with Gasteiger partial charge in [0.1, 0.15) is 0 Å². The van der Waals surface area contributed by atoms with Crippen molar-refractivity contribution in [1.82, 2.24) is 0 Å². The molecule has 0 fully saturated rings. The van der Waals surface area contributed by atoms with Gasteiger partial charge in [-0.05, 0) is 12.1 Å². The largest absolute Gasteiger partial charge is 0.478 e. The van der Waals surface area contributed by atoms with E-state index in [4.69, 9.17) is 28.3 Å². The van der Waals surface area contributed by atoms with Crippen LogP contribution in [0.2, 0.25) is 10.0 Å².